The summed E-state index contributed by atoms with van der Waals surface area (Å²) in [5.74, 6) is 1.65. The van der Waals surface area contributed by atoms with Crippen molar-refractivity contribution >= 4 is 0 Å². The molecule has 3 heteroatoms. The molecule has 1 aliphatic carbocycles. The molecule has 0 heterocycles. The van der Waals surface area contributed by atoms with Gasteiger partial charge >= 0.3 is 6.18 Å². The Kier molecular flexibility index (Phi) is 8.84. The number of rotatable bonds is 10. The maximum atomic E-state index is 12.0. The monoisotopic (exact) mass is 354 g/mol. The van der Waals surface area contributed by atoms with E-state index < -0.39 is 12.6 Å². The van der Waals surface area contributed by atoms with Gasteiger partial charge in [-0.25, -0.2) is 0 Å². The molecule has 2 rings (SSSR count). The van der Waals surface area contributed by atoms with Crippen molar-refractivity contribution in [3.63, 3.8) is 0 Å². The highest BCUT2D eigenvalue weighted by Gasteiger charge is 2.25. The second-order valence-corrected chi connectivity index (χ2v) is 7.76. The first kappa shape index (κ1) is 20.3. The maximum absolute atomic E-state index is 12.0. The Bertz CT molecular complexity index is 444. The summed E-state index contributed by atoms with van der Waals surface area (Å²) in [5, 5.41) is 0. The second-order valence-electron chi connectivity index (χ2n) is 7.76. The van der Waals surface area contributed by atoms with Gasteiger partial charge in [0.2, 0.25) is 0 Å². The Morgan fingerprint density at radius 2 is 1.28 bits per heavy atom. The molecular formula is C22H33F3. The first-order valence-corrected chi connectivity index (χ1v) is 10.2. The van der Waals surface area contributed by atoms with Gasteiger partial charge in [0.1, 0.15) is 0 Å². The summed E-state index contributed by atoms with van der Waals surface area (Å²) in [4.78, 5) is 0. The highest BCUT2D eigenvalue weighted by Crippen LogP contribution is 2.37. The van der Waals surface area contributed by atoms with Crippen LogP contribution in [0.1, 0.15) is 95.0 Å². The van der Waals surface area contributed by atoms with E-state index >= 15 is 0 Å². The Labute approximate surface area is 151 Å². The number of unbranched alkanes of at least 4 members (excludes halogenated alkanes) is 6. The lowest BCUT2D eigenvalue weighted by Crippen LogP contribution is -2.13. The minimum absolute atomic E-state index is 0.300. The fourth-order valence-corrected chi connectivity index (χ4v) is 4.15. The molecule has 1 aromatic carbocycles. The van der Waals surface area contributed by atoms with E-state index in [2.05, 4.69) is 30.3 Å². The molecule has 0 N–H and O–H groups in total. The van der Waals surface area contributed by atoms with Crippen molar-refractivity contribution in [3.05, 3.63) is 35.9 Å². The summed E-state index contributed by atoms with van der Waals surface area (Å²) in [5.41, 5.74) is 1.51. The summed E-state index contributed by atoms with van der Waals surface area (Å²) in [6.45, 7) is 0. The second kappa shape index (κ2) is 10.9. The highest BCUT2D eigenvalue weighted by atomic mass is 19.4. The molecule has 0 bridgehead atoms. The molecule has 0 aliphatic heterocycles. The largest absolute Gasteiger partial charge is 0.389 e. The zero-order chi connectivity index (χ0) is 18.0. The quantitative estimate of drug-likeness (QED) is 0.373. The third kappa shape index (κ3) is 8.78. The van der Waals surface area contributed by atoms with Crippen molar-refractivity contribution in [2.45, 2.75) is 95.6 Å². The van der Waals surface area contributed by atoms with Crippen molar-refractivity contribution in [3.8, 4) is 0 Å². The lowest BCUT2D eigenvalue weighted by molar-refractivity contribution is -0.135. The van der Waals surface area contributed by atoms with E-state index in [1.807, 2.05) is 0 Å². The van der Waals surface area contributed by atoms with Crippen LogP contribution in [0.2, 0.25) is 0 Å². The van der Waals surface area contributed by atoms with Crippen LogP contribution in [-0.2, 0) is 0 Å². The number of hydrogen-bond acceptors (Lipinski definition) is 0. The SMILES string of the molecule is FC(F)(F)CCCCCCCCCC1CCC(c2ccccc2)CC1. The molecule has 142 valence electrons. The third-order valence-corrected chi connectivity index (χ3v) is 5.69. The Hall–Kier alpha value is -0.990. The van der Waals surface area contributed by atoms with Crippen molar-refractivity contribution in [2.24, 2.45) is 5.92 Å². The number of halogens is 3. The Morgan fingerprint density at radius 3 is 1.88 bits per heavy atom. The van der Waals surface area contributed by atoms with Gasteiger partial charge in [0.05, 0.1) is 0 Å². The van der Waals surface area contributed by atoms with E-state index in [1.165, 1.54) is 56.9 Å². The van der Waals surface area contributed by atoms with Gasteiger partial charge in [0.25, 0.3) is 0 Å². The number of alkyl halides is 3. The fraction of sp³-hybridized carbons (Fsp3) is 0.727. The standard InChI is InChI=1S/C22H33F3/c23-22(24,25)18-10-5-3-1-2-4-7-11-19-14-16-21(17-15-19)20-12-8-6-9-13-20/h6,8-9,12-13,19,21H,1-5,7,10-11,14-18H2. The zero-order valence-electron chi connectivity index (χ0n) is 15.4. The topological polar surface area (TPSA) is 0 Å². The summed E-state index contributed by atoms with van der Waals surface area (Å²) in [6, 6.07) is 10.9. The molecule has 1 aliphatic rings. The summed E-state index contributed by atoms with van der Waals surface area (Å²) >= 11 is 0. The van der Waals surface area contributed by atoms with E-state index in [9.17, 15) is 13.2 Å². The molecule has 1 aromatic rings. The summed E-state index contributed by atoms with van der Waals surface area (Å²) in [6.07, 6.45) is 8.93. The van der Waals surface area contributed by atoms with Crippen LogP contribution < -0.4 is 0 Å². The molecule has 0 atom stereocenters. The van der Waals surface area contributed by atoms with Gasteiger partial charge in [-0.05, 0) is 49.5 Å². The zero-order valence-corrected chi connectivity index (χ0v) is 15.4. The van der Waals surface area contributed by atoms with Gasteiger partial charge in [0, 0.05) is 6.42 Å². The average Bonchev–Trinajstić information content (AvgIpc) is 2.61. The predicted octanol–water partition coefficient (Wildman–Crippen LogP) is 8.03. The molecule has 1 fully saturated rings. The minimum Gasteiger partial charge on any atom is -0.171 e. The molecule has 25 heavy (non-hydrogen) atoms. The van der Waals surface area contributed by atoms with Crippen LogP contribution in [0.3, 0.4) is 0 Å². The molecule has 0 spiro atoms. The molecule has 0 aromatic heterocycles. The smallest absolute Gasteiger partial charge is 0.171 e. The highest BCUT2D eigenvalue weighted by molar-refractivity contribution is 5.19. The van der Waals surface area contributed by atoms with Gasteiger partial charge in [-0.1, -0.05) is 75.3 Å². The van der Waals surface area contributed by atoms with E-state index in [0.29, 0.717) is 6.42 Å². The van der Waals surface area contributed by atoms with Crippen LogP contribution in [0, 0.1) is 5.92 Å². The molecule has 0 saturated heterocycles. The first-order chi connectivity index (χ1) is 12.0. The predicted molar refractivity (Wildman–Crippen MR) is 98.7 cm³/mol. The lowest BCUT2D eigenvalue weighted by atomic mass is 9.77. The Morgan fingerprint density at radius 1 is 0.720 bits per heavy atom. The van der Waals surface area contributed by atoms with Gasteiger partial charge < -0.3 is 0 Å². The third-order valence-electron chi connectivity index (χ3n) is 5.69. The van der Waals surface area contributed by atoms with Crippen LogP contribution in [0.4, 0.5) is 13.2 Å². The van der Waals surface area contributed by atoms with Crippen molar-refractivity contribution in [1.29, 1.82) is 0 Å². The van der Waals surface area contributed by atoms with Crippen molar-refractivity contribution in [2.75, 3.05) is 0 Å². The van der Waals surface area contributed by atoms with E-state index in [-0.39, 0.29) is 0 Å². The molecule has 0 radical (unpaired) electrons. The van der Waals surface area contributed by atoms with Gasteiger partial charge in [-0.15, -0.1) is 0 Å². The molecule has 0 unspecified atom stereocenters. The summed E-state index contributed by atoms with van der Waals surface area (Å²) in [7, 11) is 0. The number of benzene rings is 1. The van der Waals surface area contributed by atoms with Gasteiger partial charge in [-0.2, -0.15) is 13.2 Å². The summed E-state index contributed by atoms with van der Waals surface area (Å²) < 4.78 is 36.1. The van der Waals surface area contributed by atoms with E-state index in [4.69, 9.17) is 0 Å². The number of hydrogen-bond donors (Lipinski definition) is 0. The van der Waals surface area contributed by atoms with Gasteiger partial charge in [0.15, 0.2) is 0 Å². The normalized spacial score (nSPS) is 21.4. The van der Waals surface area contributed by atoms with Crippen LogP contribution >= 0.6 is 0 Å². The molecule has 1 saturated carbocycles. The van der Waals surface area contributed by atoms with Crippen molar-refractivity contribution < 1.29 is 13.2 Å². The molecule has 0 nitrogen and oxygen atoms in total. The van der Waals surface area contributed by atoms with Crippen LogP contribution in [0.15, 0.2) is 30.3 Å². The van der Waals surface area contributed by atoms with E-state index in [1.54, 1.807) is 0 Å². The molecule has 0 amide bonds. The van der Waals surface area contributed by atoms with Crippen LogP contribution in [0.25, 0.3) is 0 Å². The lowest BCUT2D eigenvalue weighted by Gasteiger charge is -2.28. The van der Waals surface area contributed by atoms with Crippen LogP contribution in [0.5, 0.6) is 0 Å². The Balaban J connectivity index is 1.43. The minimum atomic E-state index is -3.97. The fourth-order valence-electron chi connectivity index (χ4n) is 4.15. The van der Waals surface area contributed by atoms with Gasteiger partial charge in [-0.3, -0.25) is 0 Å². The van der Waals surface area contributed by atoms with Crippen molar-refractivity contribution in [1.82, 2.24) is 0 Å². The van der Waals surface area contributed by atoms with E-state index in [0.717, 1.165) is 31.1 Å². The van der Waals surface area contributed by atoms with Crippen LogP contribution in [-0.4, -0.2) is 6.18 Å². The average molecular weight is 355 g/mol. The first-order valence-electron chi connectivity index (χ1n) is 10.2. The molecular weight excluding hydrogens is 321 g/mol. The maximum Gasteiger partial charge on any atom is 0.389 e.